The molecule has 1 amide bonds. The molecule has 0 fully saturated rings. The van der Waals surface area contributed by atoms with Crippen LogP contribution in [0.15, 0.2) is 35.2 Å². The number of hydrogen-bond acceptors (Lipinski definition) is 5. The van der Waals surface area contributed by atoms with Crippen LogP contribution < -0.4 is 5.32 Å². The van der Waals surface area contributed by atoms with Gasteiger partial charge in [0.15, 0.2) is 0 Å². The van der Waals surface area contributed by atoms with Crippen LogP contribution in [0.5, 0.6) is 0 Å². The third kappa shape index (κ3) is 4.55. The number of amides is 1. The van der Waals surface area contributed by atoms with Crippen molar-refractivity contribution in [3.8, 4) is 0 Å². The molecule has 0 saturated heterocycles. The van der Waals surface area contributed by atoms with Gasteiger partial charge in [0.05, 0.1) is 24.2 Å². The molecule has 0 spiro atoms. The van der Waals surface area contributed by atoms with Crippen molar-refractivity contribution >= 4 is 28.6 Å². The monoisotopic (exact) mass is 374 g/mol. The fraction of sp³-hybridized carbons (Fsp3) is 0.389. The van der Waals surface area contributed by atoms with E-state index in [2.05, 4.69) is 26.8 Å². The maximum Gasteiger partial charge on any atom is 0.225 e. The first-order valence-electron chi connectivity index (χ1n) is 8.26. The van der Waals surface area contributed by atoms with Crippen LogP contribution >= 0.6 is 22.7 Å². The Morgan fingerprint density at radius 2 is 2.16 bits per heavy atom. The average Bonchev–Trinajstić information content (AvgIpc) is 3.30. The molecule has 5 nitrogen and oxygen atoms in total. The summed E-state index contributed by atoms with van der Waals surface area (Å²) in [5.74, 6) is -0.131. The number of carbonyl (C=O) groups excluding carboxylic acids is 1. The highest BCUT2D eigenvalue weighted by Crippen LogP contribution is 2.23. The standard InChI is InChI=1S/C18H22N4OS2/c1-12(11-22-14(3)9-13(2)21-22)17(23)20-16(18-19-6-8-25-18)10-15-5-4-7-24-15/h4-9,12,16H,10-11H2,1-3H3,(H,20,23)/t12-,16+/m1/s1. The van der Waals surface area contributed by atoms with Gasteiger partial charge in [-0.25, -0.2) is 4.98 Å². The van der Waals surface area contributed by atoms with Gasteiger partial charge in [0.25, 0.3) is 0 Å². The van der Waals surface area contributed by atoms with Gasteiger partial charge < -0.3 is 5.32 Å². The zero-order valence-electron chi connectivity index (χ0n) is 14.6. The summed E-state index contributed by atoms with van der Waals surface area (Å²) in [7, 11) is 0. The molecular weight excluding hydrogens is 352 g/mol. The number of thiazole rings is 1. The number of carbonyl (C=O) groups is 1. The van der Waals surface area contributed by atoms with E-state index in [9.17, 15) is 4.79 Å². The van der Waals surface area contributed by atoms with Crippen molar-refractivity contribution in [2.75, 3.05) is 0 Å². The second kappa shape index (κ2) is 7.93. The fourth-order valence-electron chi connectivity index (χ4n) is 2.75. The molecular formula is C18H22N4OS2. The number of nitrogens with zero attached hydrogens (tertiary/aromatic N) is 3. The van der Waals surface area contributed by atoms with Gasteiger partial charge in [0, 0.05) is 28.6 Å². The number of aromatic nitrogens is 3. The summed E-state index contributed by atoms with van der Waals surface area (Å²) < 4.78 is 1.90. The molecule has 3 aromatic rings. The molecule has 0 saturated carbocycles. The Kier molecular flexibility index (Phi) is 5.65. The summed E-state index contributed by atoms with van der Waals surface area (Å²) >= 11 is 3.28. The van der Waals surface area contributed by atoms with E-state index < -0.39 is 0 Å². The molecule has 132 valence electrons. The van der Waals surface area contributed by atoms with Crippen LogP contribution in [0.1, 0.15) is 34.2 Å². The van der Waals surface area contributed by atoms with Crippen molar-refractivity contribution in [2.24, 2.45) is 5.92 Å². The predicted octanol–water partition coefficient (Wildman–Crippen LogP) is 3.75. The molecule has 3 rings (SSSR count). The van der Waals surface area contributed by atoms with Crippen LogP contribution in [0.3, 0.4) is 0 Å². The summed E-state index contributed by atoms with van der Waals surface area (Å²) in [4.78, 5) is 18.4. The molecule has 0 aromatic carbocycles. The minimum Gasteiger partial charge on any atom is -0.346 e. The molecule has 0 bridgehead atoms. The normalized spacial score (nSPS) is 13.6. The Morgan fingerprint density at radius 3 is 2.76 bits per heavy atom. The molecule has 25 heavy (non-hydrogen) atoms. The Balaban J connectivity index is 1.68. The molecule has 0 aliphatic carbocycles. The smallest absolute Gasteiger partial charge is 0.225 e. The summed E-state index contributed by atoms with van der Waals surface area (Å²) in [5.41, 5.74) is 2.05. The largest absolute Gasteiger partial charge is 0.346 e. The van der Waals surface area contributed by atoms with Gasteiger partial charge in [-0.2, -0.15) is 5.10 Å². The lowest BCUT2D eigenvalue weighted by atomic mass is 10.1. The van der Waals surface area contributed by atoms with Gasteiger partial charge in [-0.05, 0) is 31.4 Å². The lowest BCUT2D eigenvalue weighted by Crippen LogP contribution is -2.35. The van der Waals surface area contributed by atoms with E-state index in [1.165, 1.54) is 4.88 Å². The SMILES string of the molecule is Cc1cc(C)n(C[C@@H](C)C(=O)N[C@@H](Cc2cccs2)c2nccs2)n1. The quantitative estimate of drug-likeness (QED) is 0.685. The Hall–Kier alpha value is -1.99. The third-order valence-electron chi connectivity index (χ3n) is 4.05. The average molecular weight is 375 g/mol. The second-order valence-electron chi connectivity index (χ2n) is 6.23. The lowest BCUT2D eigenvalue weighted by molar-refractivity contribution is -0.125. The molecule has 1 N–H and O–H groups in total. The number of hydrogen-bond donors (Lipinski definition) is 1. The topological polar surface area (TPSA) is 59.8 Å². The number of nitrogens with one attached hydrogen (secondary N) is 1. The molecule has 7 heteroatoms. The van der Waals surface area contributed by atoms with Crippen LogP contribution in [-0.4, -0.2) is 20.7 Å². The van der Waals surface area contributed by atoms with Gasteiger partial charge in [0.2, 0.25) is 5.91 Å². The number of rotatable bonds is 7. The van der Waals surface area contributed by atoms with Crippen molar-refractivity contribution in [1.82, 2.24) is 20.1 Å². The summed E-state index contributed by atoms with van der Waals surface area (Å²) in [6.45, 7) is 6.50. The predicted molar refractivity (Wildman–Crippen MR) is 102 cm³/mol. The Bertz CT molecular complexity index is 808. The van der Waals surface area contributed by atoms with Gasteiger partial charge >= 0.3 is 0 Å². The molecule has 0 aliphatic rings. The zero-order chi connectivity index (χ0) is 17.8. The highest BCUT2D eigenvalue weighted by atomic mass is 32.1. The van der Waals surface area contributed by atoms with Crippen LogP contribution in [0, 0.1) is 19.8 Å². The maximum atomic E-state index is 12.7. The number of thiophene rings is 1. The first kappa shape index (κ1) is 17.8. The van der Waals surface area contributed by atoms with E-state index in [0.717, 1.165) is 22.8 Å². The van der Waals surface area contributed by atoms with Gasteiger partial charge in [-0.1, -0.05) is 13.0 Å². The van der Waals surface area contributed by atoms with E-state index >= 15 is 0 Å². The molecule has 0 aliphatic heterocycles. The van der Waals surface area contributed by atoms with Gasteiger partial charge in [0.1, 0.15) is 5.01 Å². The zero-order valence-corrected chi connectivity index (χ0v) is 16.2. The minimum absolute atomic E-state index is 0.0318. The van der Waals surface area contributed by atoms with Crippen LogP contribution in [0.4, 0.5) is 0 Å². The molecule has 0 radical (unpaired) electrons. The van der Waals surface area contributed by atoms with Gasteiger partial charge in [-0.3, -0.25) is 9.48 Å². The second-order valence-corrected chi connectivity index (χ2v) is 8.18. The first-order valence-corrected chi connectivity index (χ1v) is 10.0. The third-order valence-corrected chi connectivity index (χ3v) is 5.84. The summed E-state index contributed by atoms with van der Waals surface area (Å²) in [6.07, 6.45) is 2.55. The first-order chi connectivity index (χ1) is 12.0. The van der Waals surface area contributed by atoms with Gasteiger partial charge in [-0.15, -0.1) is 22.7 Å². The number of aryl methyl sites for hydroxylation is 2. The van der Waals surface area contributed by atoms with E-state index in [1.54, 1.807) is 28.9 Å². The van der Waals surface area contributed by atoms with Crippen LogP contribution in [-0.2, 0) is 17.8 Å². The lowest BCUT2D eigenvalue weighted by Gasteiger charge is -2.19. The van der Waals surface area contributed by atoms with Crippen molar-refractivity contribution in [3.05, 3.63) is 56.4 Å². The molecule has 3 aromatic heterocycles. The van der Waals surface area contributed by atoms with E-state index in [0.29, 0.717) is 6.54 Å². The van der Waals surface area contributed by atoms with Crippen molar-refractivity contribution in [2.45, 2.75) is 39.8 Å². The van der Waals surface area contributed by atoms with Crippen molar-refractivity contribution < 1.29 is 4.79 Å². The Morgan fingerprint density at radius 1 is 1.32 bits per heavy atom. The molecule has 0 unspecified atom stereocenters. The Labute approximate surface area is 155 Å². The highest BCUT2D eigenvalue weighted by Gasteiger charge is 2.22. The van der Waals surface area contributed by atoms with E-state index in [4.69, 9.17) is 0 Å². The molecule has 2 atom stereocenters. The minimum atomic E-state index is -0.163. The van der Waals surface area contributed by atoms with Crippen molar-refractivity contribution in [1.29, 1.82) is 0 Å². The van der Waals surface area contributed by atoms with E-state index in [-0.39, 0.29) is 17.9 Å². The van der Waals surface area contributed by atoms with Crippen LogP contribution in [0.2, 0.25) is 0 Å². The van der Waals surface area contributed by atoms with E-state index in [1.807, 2.05) is 43.0 Å². The summed E-state index contributed by atoms with van der Waals surface area (Å²) in [6, 6.07) is 6.07. The molecule has 3 heterocycles. The highest BCUT2D eigenvalue weighted by molar-refractivity contribution is 7.10. The summed E-state index contributed by atoms with van der Waals surface area (Å²) in [5, 5.41) is 12.6. The maximum absolute atomic E-state index is 12.7. The van der Waals surface area contributed by atoms with Crippen molar-refractivity contribution in [3.63, 3.8) is 0 Å². The fourth-order valence-corrected chi connectivity index (χ4v) is 4.19. The van der Waals surface area contributed by atoms with Crippen LogP contribution in [0.25, 0.3) is 0 Å².